The van der Waals surface area contributed by atoms with Crippen LogP contribution in [0.15, 0.2) is 66.7 Å². The number of alkyl halides is 3. The molecule has 0 saturated carbocycles. The second-order valence-electron chi connectivity index (χ2n) is 6.43. The molecular formula is C21H18F4N2O. The summed E-state index contributed by atoms with van der Waals surface area (Å²) < 4.78 is 58.9. The first-order chi connectivity index (χ1) is 13.2. The summed E-state index contributed by atoms with van der Waals surface area (Å²) in [4.78, 5) is 4.31. The molecule has 0 amide bonds. The number of rotatable bonds is 5. The van der Waals surface area contributed by atoms with Crippen molar-refractivity contribution in [2.24, 2.45) is 5.73 Å². The van der Waals surface area contributed by atoms with Crippen LogP contribution in [-0.2, 0) is 18.1 Å². The van der Waals surface area contributed by atoms with Gasteiger partial charge < -0.3 is 10.5 Å². The SMILES string of the molecule is COc1cccc(C(N)(Cc2ccccc2)c2cc(F)cc(C(F)(F)F)c2)n1. The summed E-state index contributed by atoms with van der Waals surface area (Å²) in [6.07, 6.45) is -4.58. The number of hydrogen-bond acceptors (Lipinski definition) is 3. The van der Waals surface area contributed by atoms with E-state index in [0.29, 0.717) is 6.07 Å². The molecule has 0 aliphatic rings. The zero-order chi connectivity index (χ0) is 20.4. The number of ether oxygens (including phenoxy) is 1. The zero-order valence-corrected chi connectivity index (χ0v) is 15.0. The van der Waals surface area contributed by atoms with Crippen molar-refractivity contribution in [3.63, 3.8) is 0 Å². The Bertz CT molecular complexity index is 960. The summed E-state index contributed by atoms with van der Waals surface area (Å²) in [5, 5.41) is 0. The van der Waals surface area contributed by atoms with E-state index >= 15 is 0 Å². The fourth-order valence-electron chi connectivity index (χ4n) is 3.05. The molecule has 28 heavy (non-hydrogen) atoms. The highest BCUT2D eigenvalue weighted by Gasteiger charge is 2.37. The fraction of sp³-hybridized carbons (Fsp3) is 0.190. The van der Waals surface area contributed by atoms with Gasteiger partial charge in [-0.15, -0.1) is 0 Å². The summed E-state index contributed by atoms with van der Waals surface area (Å²) >= 11 is 0. The van der Waals surface area contributed by atoms with Crippen LogP contribution in [0.2, 0.25) is 0 Å². The first-order valence-electron chi connectivity index (χ1n) is 8.45. The van der Waals surface area contributed by atoms with Crippen molar-refractivity contribution in [3.05, 3.63) is 94.9 Å². The van der Waals surface area contributed by atoms with Crippen LogP contribution in [-0.4, -0.2) is 12.1 Å². The van der Waals surface area contributed by atoms with E-state index in [1.54, 1.807) is 42.5 Å². The minimum atomic E-state index is -4.70. The Kier molecular flexibility index (Phi) is 5.38. The van der Waals surface area contributed by atoms with E-state index in [4.69, 9.17) is 10.5 Å². The molecule has 1 atom stereocenters. The van der Waals surface area contributed by atoms with Gasteiger partial charge in [-0.2, -0.15) is 13.2 Å². The lowest BCUT2D eigenvalue weighted by Crippen LogP contribution is -2.41. The third-order valence-electron chi connectivity index (χ3n) is 4.46. The van der Waals surface area contributed by atoms with E-state index in [2.05, 4.69) is 4.98 Å². The highest BCUT2D eigenvalue weighted by Crippen LogP contribution is 2.36. The summed E-state index contributed by atoms with van der Waals surface area (Å²) in [6, 6.07) is 16.1. The van der Waals surface area contributed by atoms with E-state index in [-0.39, 0.29) is 23.6 Å². The van der Waals surface area contributed by atoms with Crippen molar-refractivity contribution in [1.82, 2.24) is 4.98 Å². The van der Waals surface area contributed by atoms with Crippen LogP contribution >= 0.6 is 0 Å². The van der Waals surface area contributed by atoms with Crippen LogP contribution in [0.4, 0.5) is 17.6 Å². The Morgan fingerprint density at radius 3 is 2.25 bits per heavy atom. The number of halogens is 4. The molecule has 146 valence electrons. The minimum Gasteiger partial charge on any atom is -0.481 e. The average Bonchev–Trinajstić information content (AvgIpc) is 2.67. The van der Waals surface area contributed by atoms with Crippen molar-refractivity contribution in [3.8, 4) is 5.88 Å². The second-order valence-corrected chi connectivity index (χ2v) is 6.43. The topological polar surface area (TPSA) is 48.1 Å². The minimum absolute atomic E-state index is 0.0237. The smallest absolute Gasteiger partial charge is 0.416 e. The van der Waals surface area contributed by atoms with Gasteiger partial charge in [-0.1, -0.05) is 36.4 Å². The third kappa shape index (κ3) is 4.14. The predicted molar refractivity (Wildman–Crippen MR) is 97.3 cm³/mol. The Morgan fingerprint density at radius 2 is 1.61 bits per heavy atom. The molecule has 3 rings (SSSR count). The van der Waals surface area contributed by atoms with Crippen LogP contribution in [0.25, 0.3) is 0 Å². The van der Waals surface area contributed by atoms with Crippen LogP contribution in [0, 0.1) is 5.82 Å². The molecule has 1 unspecified atom stereocenters. The molecule has 2 aromatic carbocycles. The predicted octanol–water partition coefficient (Wildman–Crippen LogP) is 4.69. The van der Waals surface area contributed by atoms with E-state index in [1.165, 1.54) is 7.11 Å². The van der Waals surface area contributed by atoms with E-state index in [0.717, 1.165) is 17.7 Å². The maximum Gasteiger partial charge on any atom is 0.416 e. The van der Waals surface area contributed by atoms with Gasteiger partial charge in [-0.3, -0.25) is 0 Å². The van der Waals surface area contributed by atoms with Gasteiger partial charge in [0.05, 0.1) is 23.9 Å². The molecule has 0 fully saturated rings. The molecule has 0 radical (unpaired) electrons. The van der Waals surface area contributed by atoms with Crippen molar-refractivity contribution >= 4 is 0 Å². The highest BCUT2D eigenvalue weighted by atomic mass is 19.4. The van der Waals surface area contributed by atoms with Gasteiger partial charge >= 0.3 is 6.18 Å². The number of nitrogens with zero attached hydrogens (tertiary/aromatic N) is 1. The maximum absolute atomic E-state index is 14.1. The van der Waals surface area contributed by atoms with Gasteiger partial charge in [-0.25, -0.2) is 9.37 Å². The standard InChI is InChI=1S/C21H18F4N2O/c1-28-19-9-5-8-18(27-19)20(26,13-14-6-3-2-4-7-14)15-10-16(21(23,24)25)12-17(22)11-15/h2-12H,13,26H2,1H3. The molecular weight excluding hydrogens is 372 g/mol. The lowest BCUT2D eigenvalue weighted by molar-refractivity contribution is -0.137. The number of benzene rings is 2. The normalized spacial score (nSPS) is 13.8. The zero-order valence-electron chi connectivity index (χ0n) is 15.0. The molecule has 2 N–H and O–H groups in total. The fourth-order valence-corrected chi connectivity index (χ4v) is 3.05. The molecule has 0 aliphatic carbocycles. The molecule has 1 aromatic heterocycles. The first kappa shape index (κ1) is 19.8. The van der Waals surface area contributed by atoms with Gasteiger partial charge in [0.15, 0.2) is 0 Å². The quantitative estimate of drug-likeness (QED) is 0.643. The maximum atomic E-state index is 14.1. The van der Waals surface area contributed by atoms with Gasteiger partial charge in [0.25, 0.3) is 0 Å². The molecule has 3 aromatic rings. The second kappa shape index (κ2) is 7.59. The molecule has 1 heterocycles. The monoisotopic (exact) mass is 390 g/mol. The molecule has 0 bridgehead atoms. The van der Waals surface area contributed by atoms with Gasteiger partial charge in [0.1, 0.15) is 5.82 Å². The number of pyridine rings is 1. The lowest BCUT2D eigenvalue weighted by Gasteiger charge is -2.31. The Labute approximate surface area is 159 Å². The molecule has 7 heteroatoms. The van der Waals surface area contributed by atoms with Crippen molar-refractivity contribution in [2.45, 2.75) is 18.1 Å². The Morgan fingerprint density at radius 1 is 0.929 bits per heavy atom. The summed E-state index contributed by atoms with van der Waals surface area (Å²) in [5.41, 5.74) is 5.04. The Balaban J connectivity index is 2.20. The molecule has 0 saturated heterocycles. The van der Waals surface area contributed by atoms with Crippen molar-refractivity contribution in [1.29, 1.82) is 0 Å². The van der Waals surface area contributed by atoms with Crippen molar-refractivity contribution in [2.75, 3.05) is 7.11 Å². The van der Waals surface area contributed by atoms with Gasteiger partial charge in [-0.05, 0) is 35.4 Å². The van der Waals surface area contributed by atoms with E-state index in [9.17, 15) is 17.6 Å². The number of aromatic nitrogens is 1. The first-order valence-corrected chi connectivity index (χ1v) is 8.45. The van der Waals surface area contributed by atoms with E-state index < -0.39 is 23.1 Å². The van der Waals surface area contributed by atoms with Crippen LogP contribution in [0.5, 0.6) is 5.88 Å². The molecule has 0 aliphatic heterocycles. The summed E-state index contributed by atoms with van der Waals surface area (Å²) in [5.74, 6) is -0.761. The van der Waals surface area contributed by atoms with E-state index in [1.807, 2.05) is 6.07 Å². The largest absolute Gasteiger partial charge is 0.481 e. The van der Waals surface area contributed by atoms with Gasteiger partial charge in [0, 0.05) is 12.5 Å². The third-order valence-corrected chi connectivity index (χ3v) is 4.46. The number of methoxy groups -OCH3 is 1. The molecule has 3 nitrogen and oxygen atoms in total. The van der Waals surface area contributed by atoms with Crippen LogP contribution in [0.3, 0.4) is 0 Å². The van der Waals surface area contributed by atoms with Gasteiger partial charge in [0.2, 0.25) is 5.88 Å². The van der Waals surface area contributed by atoms with Crippen molar-refractivity contribution < 1.29 is 22.3 Å². The molecule has 0 spiro atoms. The van der Waals surface area contributed by atoms with Crippen LogP contribution < -0.4 is 10.5 Å². The number of nitrogens with two attached hydrogens (primary N) is 1. The van der Waals surface area contributed by atoms with Crippen LogP contribution in [0.1, 0.15) is 22.4 Å². The summed E-state index contributed by atoms with van der Waals surface area (Å²) in [6.45, 7) is 0. The Hall–Kier alpha value is -2.93. The number of hydrogen-bond donors (Lipinski definition) is 1. The highest BCUT2D eigenvalue weighted by molar-refractivity contribution is 5.41. The average molecular weight is 390 g/mol. The lowest BCUT2D eigenvalue weighted by atomic mass is 9.81. The summed E-state index contributed by atoms with van der Waals surface area (Å²) in [7, 11) is 1.42.